The molecule has 1 aromatic rings. The summed E-state index contributed by atoms with van der Waals surface area (Å²) in [5.74, 6) is -0.472. The summed E-state index contributed by atoms with van der Waals surface area (Å²) in [5, 5.41) is 28.8. The number of phenols is 1. The van der Waals surface area contributed by atoms with Crippen LogP contribution in [0.15, 0.2) is 47.4 Å². The van der Waals surface area contributed by atoms with Crippen molar-refractivity contribution in [1.29, 1.82) is 0 Å². The summed E-state index contributed by atoms with van der Waals surface area (Å²) >= 11 is 0. The van der Waals surface area contributed by atoms with Crippen molar-refractivity contribution in [2.45, 2.75) is 25.0 Å². The molecule has 1 aliphatic heterocycles. The Labute approximate surface area is 116 Å². The second-order valence-corrected chi connectivity index (χ2v) is 4.82. The first-order valence-electron chi connectivity index (χ1n) is 6.72. The average Bonchev–Trinajstić information content (AvgIpc) is 2.36. The van der Waals surface area contributed by atoms with Gasteiger partial charge in [-0.3, -0.25) is 4.79 Å². The van der Waals surface area contributed by atoms with Crippen molar-refractivity contribution in [3.8, 4) is 5.75 Å². The molecule has 1 fully saturated rings. The number of ketones is 1. The molecule has 0 amide bonds. The molecule has 20 heavy (non-hydrogen) atoms. The molecule has 2 atom stereocenters. The lowest BCUT2D eigenvalue weighted by Crippen LogP contribution is -2.27. The molecule has 5 heteroatoms. The Kier molecular flexibility index (Phi) is 2.70. The van der Waals surface area contributed by atoms with Crippen LogP contribution in [0.5, 0.6) is 5.75 Å². The molecule has 1 heterocycles. The van der Waals surface area contributed by atoms with Gasteiger partial charge in [-0.25, -0.2) is 0 Å². The number of aromatic hydroxyl groups is 1. The number of carbonyl (C=O) groups is 1. The summed E-state index contributed by atoms with van der Waals surface area (Å²) in [6.45, 7) is 0. The van der Waals surface area contributed by atoms with Gasteiger partial charge in [-0.15, -0.1) is 0 Å². The molecular formula is C15H14O5. The van der Waals surface area contributed by atoms with Gasteiger partial charge >= 0.3 is 0 Å². The SMILES string of the molecule is [2H]C1(O)C=C2O[C@H](c3ccc(O)cc3)CC(=O)C2=C(O)C1. The van der Waals surface area contributed by atoms with E-state index in [0.29, 0.717) is 5.56 Å². The number of rotatable bonds is 1. The van der Waals surface area contributed by atoms with E-state index in [1.807, 2.05) is 0 Å². The largest absolute Gasteiger partial charge is 0.511 e. The van der Waals surface area contributed by atoms with Crippen molar-refractivity contribution in [2.24, 2.45) is 0 Å². The van der Waals surface area contributed by atoms with Gasteiger partial charge in [-0.05, 0) is 23.8 Å². The topological polar surface area (TPSA) is 87.0 Å². The lowest BCUT2D eigenvalue weighted by atomic mass is 9.90. The van der Waals surface area contributed by atoms with Gasteiger partial charge in [0, 0.05) is 6.42 Å². The van der Waals surface area contributed by atoms with E-state index in [-0.39, 0.29) is 41.5 Å². The van der Waals surface area contributed by atoms with E-state index in [2.05, 4.69) is 0 Å². The zero-order chi connectivity index (χ0) is 15.2. The molecule has 0 aromatic heterocycles. The van der Waals surface area contributed by atoms with Crippen LogP contribution in [-0.4, -0.2) is 27.2 Å². The predicted octanol–water partition coefficient (Wildman–Crippen LogP) is 1.88. The van der Waals surface area contributed by atoms with Crippen LogP contribution in [0.4, 0.5) is 0 Å². The van der Waals surface area contributed by atoms with Crippen LogP contribution in [-0.2, 0) is 9.53 Å². The molecule has 1 saturated heterocycles. The Balaban J connectivity index is 1.95. The number of aliphatic hydroxyl groups is 2. The summed E-state index contributed by atoms with van der Waals surface area (Å²) in [6.07, 6.45) is -1.70. The second-order valence-electron chi connectivity index (χ2n) is 4.82. The van der Waals surface area contributed by atoms with Gasteiger partial charge in [0.25, 0.3) is 0 Å². The van der Waals surface area contributed by atoms with Gasteiger partial charge < -0.3 is 20.1 Å². The van der Waals surface area contributed by atoms with E-state index in [4.69, 9.17) is 6.11 Å². The zero-order valence-corrected chi connectivity index (χ0v) is 10.5. The molecule has 104 valence electrons. The third-order valence-electron chi connectivity index (χ3n) is 3.36. The van der Waals surface area contributed by atoms with E-state index in [1.54, 1.807) is 12.1 Å². The highest BCUT2D eigenvalue weighted by Gasteiger charge is 2.35. The smallest absolute Gasteiger partial charge is 0.174 e. The van der Waals surface area contributed by atoms with Crippen LogP contribution in [0.25, 0.3) is 0 Å². The summed E-state index contributed by atoms with van der Waals surface area (Å²) in [4.78, 5) is 12.2. The van der Waals surface area contributed by atoms with E-state index >= 15 is 0 Å². The van der Waals surface area contributed by atoms with Crippen molar-refractivity contribution < 1.29 is 26.2 Å². The number of benzene rings is 1. The number of hydrogen-bond donors (Lipinski definition) is 3. The molecule has 3 rings (SSSR count). The first-order valence-corrected chi connectivity index (χ1v) is 6.22. The molecule has 2 aliphatic rings. The number of aliphatic hydroxyl groups excluding tert-OH is 1. The monoisotopic (exact) mass is 275 g/mol. The van der Waals surface area contributed by atoms with Gasteiger partial charge in [0.05, 0.1) is 19.4 Å². The predicted molar refractivity (Wildman–Crippen MR) is 69.9 cm³/mol. The fraction of sp³-hybridized carbons (Fsp3) is 0.267. The third-order valence-corrected chi connectivity index (χ3v) is 3.36. The number of phenolic OH excluding ortho intramolecular Hbond substituents is 1. The van der Waals surface area contributed by atoms with E-state index < -0.39 is 12.2 Å². The molecule has 0 saturated carbocycles. The summed E-state index contributed by atoms with van der Waals surface area (Å²) in [6, 6.07) is 6.25. The first-order chi connectivity index (χ1) is 9.85. The third kappa shape index (κ3) is 2.16. The Morgan fingerprint density at radius 2 is 1.90 bits per heavy atom. The fourth-order valence-electron chi connectivity index (χ4n) is 2.41. The van der Waals surface area contributed by atoms with Crippen LogP contribution < -0.4 is 0 Å². The van der Waals surface area contributed by atoms with Crippen molar-refractivity contribution >= 4 is 5.78 Å². The maximum absolute atomic E-state index is 12.2. The average molecular weight is 275 g/mol. The maximum atomic E-state index is 12.2. The molecule has 0 radical (unpaired) electrons. The van der Waals surface area contributed by atoms with E-state index in [9.17, 15) is 20.1 Å². The lowest BCUT2D eigenvalue weighted by Gasteiger charge is -2.30. The van der Waals surface area contributed by atoms with Crippen LogP contribution >= 0.6 is 0 Å². The van der Waals surface area contributed by atoms with Gasteiger partial charge in [0.15, 0.2) is 5.78 Å². The van der Waals surface area contributed by atoms with Crippen molar-refractivity contribution in [3.05, 3.63) is 53.0 Å². The minimum absolute atomic E-state index is 0.0329. The molecule has 0 bridgehead atoms. The molecule has 1 aliphatic carbocycles. The number of ether oxygens (including phenoxy) is 1. The van der Waals surface area contributed by atoms with Crippen molar-refractivity contribution in [1.82, 2.24) is 0 Å². The highest BCUT2D eigenvalue weighted by molar-refractivity contribution is 6.01. The Bertz CT molecular complexity index is 657. The van der Waals surface area contributed by atoms with Gasteiger partial charge in [0.2, 0.25) is 0 Å². The van der Waals surface area contributed by atoms with E-state index in [1.165, 1.54) is 12.1 Å². The second kappa shape index (κ2) is 4.68. The zero-order valence-electron chi connectivity index (χ0n) is 11.5. The summed E-state index contributed by atoms with van der Waals surface area (Å²) < 4.78 is 13.3. The van der Waals surface area contributed by atoms with E-state index in [0.717, 1.165) is 6.08 Å². The summed E-state index contributed by atoms with van der Waals surface area (Å²) in [5.41, 5.74) is 0.738. The number of carbonyl (C=O) groups excluding carboxylic acids is 1. The minimum atomic E-state index is -1.99. The Morgan fingerprint density at radius 3 is 2.60 bits per heavy atom. The molecule has 1 aromatic carbocycles. The van der Waals surface area contributed by atoms with Crippen LogP contribution in [0.3, 0.4) is 0 Å². The number of allylic oxidation sites excluding steroid dienone is 1. The number of hydrogen-bond acceptors (Lipinski definition) is 5. The number of Topliss-reactive ketones (excluding diaryl/α,β-unsaturated/α-hetero) is 1. The molecule has 1 unspecified atom stereocenters. The molecule has 3 N–H and O–H groups in total. The molecular weight excluding hydrogens is 260 g/mol. The van der Waals surface area contributed by atoms with Gasteiger partial charge in [0.1, 0.15) is 23.4 Å². The van der Waals surface area contributed by atoms with Crippen molar-refractivity contribution in [3.63, 3.8) is 0 Å². The Morgan fingerprint density at radius 1 is 1.20 bits per heavy atom. The minimum Gasteiger partial charge on any atom is -0.511 e. The Hall–Kier alpha value is -2.27. The summed E-state index contributed by atoms with van der Waals surface area (Å²) in [7, 11) is 0. The highest BCUT2D eigenvalue weighted by Crippen LogP contribution is 2.38. The first kappa shape index (κ1) is 11.5. The molecule has 0 spiro atoms. The van der Waals surface area contributed by atoms with Gasteiger partial charge in [-0.2, -0.15) is 0 Å². The van der Waals surface area contributed by atoms with Crippen LogP contribution in [0.2, 0.25) is 0 Å². The quantitative estimate of drug-likeness (QED) is 0.728. The lowest BCUT2D eigenvalue weighted by molar-refractivity contribution is -0.120. The fourth-order valence-corrected chi connectivity index (χ4v) is 2.41. The normalized spacial score (nSPS) is 30.2. The molecule has 5 nitrogen and oxygen atoms in total. The van der Waals surface area contributed by atoms with Crippen molar-refractivity contribution in [2.75, 3.05) is 0 Å². The van der Waals surface area contributed by atoms with Crippen LogP contribution in [0, 0.1) is 0 Å². The van der Waals surface area contributed by atoms with Crippen LogP contribution in [0.1, 0.15) is 25.9 Å². The highest BCUT2D eigenvalue weighted by atomic mass is 16.5. The standard InChI is InChI=1S/C15H14O5/c16-9-3-1-8(2-4-9)13-7-12(19)15-11(18)5-10(17)6-14(15)20-13/h1-4,6,10,13,16-18H,5,7H2/t10?,13-/m0/s1/i10D. The number of fused-ring (bicyclic) bond motifs is 1. The maximum Gasteiger partial charge on any atom is 0.174 e. The van der Waals surface area contributed by atoms with Gasteiger partial charge in [-0.1, -0.05) is 12.1 Å².